The molecule has 0 atom stereocenters. The molecule has 0 unspecified atom stereocenters. The van der Waals surface area contributed by atoms with Crippen molar-refractivity contribution in [3.8, 4) is 0 Å². The first kappa shape index (κ1) is 15.4. The molecule has 0 aliphatic carbocycles. The Morgan fingerprint density at radius 3 is 2.17 bits per heavy atom. The summed E-state index contributed by atoms with van der Waals surface area (Å²) < 4.78 is 0. The molecule has 23 heavy (non-hydrogen) atoms. The zero-order valence-electron chi connectivity index (χ0n) is 13.4. The fourth-order valence-corrected chi connectivity index (χ4v) is 2.91. The quantitative estimate of drug-likeness (QED) is 0.817. The topological polar surface area (TPSA) is 40.6 Å². The minimum atomic E-state index is -0.392. The van der Waals surface area contributed by atoms with Crippen molar-refractivity contribution >= 4 is 11.8 Å². The van der Waals surface area contributed by atoms with Crippen LogP contribution in [0.5, 0.6) is 0 Å². The lowest BCUT2D eigenvalue weighted by molar-refractivity contribution is -0.134. The first-order valence-corrected chi connectivity index (χ1v) is 7.73. The van der Waals surface area contributed by atoms with Gasteiger partial charge >= 0.3 is 0 Å². The van der Waals surface area contributed by atoms with Crippen molar-refractivity contribution in [1.29, 1.82) is 0 Å². The van der Waals surface area contributed by atoms with Gasteiger partial charge in [0, 0.05) is 24.1 Å². The summed E-state index contributed by atoms with van der Waals surface area (Å²) in [6, 6.07) is 18.8. The molecule has 0 spiro atoms. The van der Waals surface area contributed by atoms with Crippen LogP contribution in [0.2, 0.25) is 0 Å². The Balaban J connectivity index is 1.93. The fourth-order valence-electron chi connectivity index (χ4n) is 2.91. The van der Waals surface area contributed by atoms with Crippen LogP contribution in [0.4, 0.5) is 0 Å². The minimum Gasteiger partial charge on any atom is -0.273 e. The van der Waals surface area contributed by atoms with E-state index in [9.17, 15) is 9.59 Å². The van der Waals surface area contributed by atoms with Crippen LogP contribution in [-0.2, 0) is 11.3 Å². The van der Waals surface area contributed by atoms with Crippen molar-refractivity contribution < 1.29 is 9.59 Å². The van der Waals surface area contributed by atoms with Crippen LogP contribution in [0.25, 0.3) is 0 Å². The third-order valence-electron chi connectivity index (χ3n) is 4.15. The summed E-state index contributed by atoms with van der Waals surface area (Å²) in [6.07, 6.45) is 0.332. The largest absolute Gasteiger partial charge is 0.275 e. The molecule has 2 aromatic rings. The van der Waals surface area contributed by atoms with Crippen LogP contribution < -0.4 is 0 Å². The number of carbonyl (C=O) groups excluding carboxylic acids is 2. The first-order chi connectivity index (χ1) is 11.0. The van der Waals surface area contributed by atoms with E-state index in [1.165, 1.54) is 5.01 Å². The first-order valence-electron chi connectivity index (χ1n) is 7.73. The molecule has 3 rings (SSSR count). The molecule has 0 radical (unpaired) electrons. The highest BCUT2D eigenvalue weighted by atomic mass is 16.2. The second-order valence-electron chi connectivity index (χ2n) is 6.41. The Kier molecular flexibility index (Phi) is 4.01. The van der Waals surface area contributed by atoms with Gasteiger partial charge in [-0.3, -0.25) is 9.59 Å². The van der Waals surface area contributed by atoms with Crippen molar-refractivity contribution in [3.05, 3.63) is 71.8 Å². The standard InChI is InChI=1S/C19H20N2O2/c1-19(2)13-17(22)21(18(23)16-11-7-4-8-12-16)20(19)14-15-9-5-3-6-10-15/h3-12H,13-14H2,1-2H3. The minimum absolute atomic E-state index is 0.153. The van der Waals surface area contributed by atoms with E-state index < -0.39 is 5.54 Å². The number of carbonyl (C=O) groups is 2. The van der Waals surface area contributed by atoms with Crippen LogP contribution in [0.3, 0.4) is 0 Å². The molecule has 0 bridgehead atoms. The summed E-state index contributed by atoms with van der Waals surface area (Å²) in [5, 5.41) is 3.18. The normalized spacial score (nSPS) is 17.5. The maximum Gasteiger partial charge on any atom is 0.275 e. The van der Waals surface area contributed by atoms with Crippen molar-refractivity contribution in [2.45, 2.75) is 32.4 Å². The molecule has 0 N–H and O–H groups in total. The average Bonchev–Trinajstić information content (AvgIpc) is 2.77. The predicted molar refractivity (Wildman–Crippen MR) is 88.3 cm³/mol. The van der Waals surface area contributed by atoms with Gasteiger partial charge in [0.15, 0.2) is 0 Å². The van der Waals surface area contributed by atoms with Crippen molar-refractivity contribution in [2.75, 3.05) is 0 Å². The summed E-state index contributed by atoms with van der Waals surface area (Å²) in [6.45, 7) is 4.51. The Morgan fingerprint density at radius 2 is 1.57 bits per heavy atom. The van der Waals surface area contributed by atoms with Crippen LogP contribution >= 0.6 is 0 Å². The van der Waals surface area contributed by atoms with Crippen LogP contribution in [0, 0.1) is 0 Å². The number of rotatable bonds is 3. The highest BCUT2D eigenvalue weighted by Gasteiger charge is 2.46. The lowest BCUT2D eigenvalue weighted by atomic mass is 10.0. The van der Waals surface area contributed by atoms with Gasteiger partial charge < -0.3 is 0 Å². The number of amides is 2. The SMILES string of the molecule is CC1(C)CC(=O)N(C(=O)c2ccccc2)N1Cc1ccccc1. The molecule has 2 amide bonds. The summed E-state index contributed by atoms with van der Waals surface area (Å²) >= 11 is 0. The maximum atomic E-state index is 12.8. The van der Waals surface area contributed by atoms with E-state index in [1.807, 2.05) is 55.3 Å². The van der Waals surface area contributed by atoms with Crippen molar-refractivity contribution in [2.24, 2.45) is 0 Å². The Hall–Kier alpha value is -2.46. The van der Waals surface area contributed by atoms with Crippen LogP contribution in [-0.4, -0.2) is 27.4 Å². The van der Waals surface area contributed by atoms with E-state index in [1.54, 1.807) is 24.3 Å². The molecule has 1 fully saturated rings. The predicted octanol–water partition coefficient (Wildman–Crippen LogP) is 3.25. The van der Waals surface area contributed by atoms with Gasteiger partial charge in [0.2, 0.25) is 5.91 Å². The smallest absolute Gasteiger partial charge is 0.273 e. The monoisotopic (exact) mass is 308 g/mol. The summed E-state index contributed by atoms with van der Waals surface area (Å²) in [7, 11) is 0. The summed E-state index contributed by atoms with van der Waals surface area (Å²) in [5.74, 6) is -0.420. The molecular formula is C19H20N2O2. The lowest BCUT2D eigenvalue weighted by Crippen LogP contribution is -2.49. The Morgan fingerprint density at radius 1 is 1.00 bits per heavy atom. The second kappa shape index (κ2) is 5.97. The molecule has 2 aromatic carbocycles. The van der Waals surface area contributed by atoms with Gasteiger partial charge in [-0.15, -0.1) is 0 Å². The molecule has 4 nitrogen and oxygen atoms in total. The molecular weight excluding hydrogens is 288 g/mol. The molecule has 1 saturated heterocycles. The van der Waals surface area contributed by atoms with Crippen LogP contribution in [0.1, 0.15) is 36.2 Å². The van der Waals surface area contributed by atoms with Crippen LogP contribution in [0.15, 0.2) is 60.7 Å². The fraction of sp³-hybridized carbons (Fsp3) is 0.263. The van der Waals surface area contributed by atoms with E-state index in [0.29, 0.717) is 18.5 Å². The highest BCUT2D eigenvalue weighted by Crippen LogP contribution is 2.32. The van der Waals surface area contributed by atoms with Gasteiger partial charge in [-0.25, -0.2) is 10.0 Å². The van der Waals surface area contributed by atoms with Gasteiger partial charge in [-0.2, -0.15) is 0 Å². The number of hydrogen-bond acceptors (Lipinski definition) is 3. The second-order valence-corrected chi connectivity index (χ2v) is 6.41. The number of hydrogen-bond donors (Lipinski definition) is 0. The van der Waals surface area contributed by atoms with Gasteiger partial charge in [-0.1, -0.05) is 48.5 Å². The van der Waals surface area contributed by atoms with Gasteiger partial charge in [0.25, 0.3) is 5.91 Å². The highest BCUT2D eigenvalue weighted by molar-refractivity contribution is 6.05. The lowest BCUT2D eigenvalue weighted by Gasteiger charge is -2.35. The van der Waals surface area contributed by atoms with E-state index in [0.717, 1.165) is 5.56 Å². The number of nitrogens with zero attached hydrogens (tertiary/aromatic N) is 2. The molecule has 0 aromatic heterocycles. The average molecular weight is 308 g/mol. The third-order valence-corrected chi connectivity index (χ3v) is 4.15. The Bertz CT molecular complexity index is 711. The molecule has 1 heterocycles. The van der Waals surface area contributed by atoms with Crippen molar-refractivity contribution in [3.63, 3.8) is 0 Å². The van der Waals surface area contributed by atoms with Gasteiger partial charge in [0.05, 0.1) is 0 Å². The van der Waals surface area contributed by atoms with E-state index in [4.69, 9.17) is 0 Å². The zero-order valence-corrected chi connectivity index (χ0v) is 13.4. The molecule has 4 heteroatoms. The van der Waals surface area contributed by atoms with E-state index in [2.05, 4.69) is 0 Å². The number of hydrazine groups is 1. The third kappa shape index (κ3) is 3.03. The van der Waals surface area contributed by atoms with E-state index >= 15 is 0 Å². The number of benzene rings is 2. The van der Waals surface area contributed by atoms with Gasteiger partial charge in [-0.05, 0) is 31.5 Å². The summed E-state index contributed by atoms with van der Waals surface area (Å²) in [5.41, 5.74) is 1.20. The Labute approximate surface area is 136 Å². The number of imide groups is 1. The summed E-state index contributed by atoms with van der Waals surface area (Å²) in [4.78, 5) is 25.3. The van der Waals surface area contributed by atoms with E-state index in [-0.39, 0.29) is 11.8 Å². The molecule has 118 valence electrons. The van der Waals surface area contributed by atoms with Gasteiger partial charge in [0.1, 0.15) is 0 Å². The molecule has 0 saturated carbocycles. The zero-order chi connectivity index (χ0) is 16.4. The van der Waals surface area contributed by atoms with Crippen molar-refractivity contribution in [1.82, 2.24) is 10.0 Å². The molecule has 1 aliphatic heterocycles. The maximum absolute atomic E-state index is 12.8. The molecule has 1 aliphatic rings.